The molecular weight excluding hydrogens is 283 g/mol. The van der Waals surface area contributed by atoms with Crippen molar-refractivity contribution in [3.8, 4) is 0 Å². The maximum atomic E-state index is 12.5. The first-order valence-corrected chi connectivity index (χ1v) is 6.95. The van der Waals surface area contributed by atoms with Crippen molar-refractivity contribution in [1.29, 1.82) is 0 Å². The molecule has 0 saturated heterocycles. The molecule has 0 unspecified atom stereocenters. The van der Waals surface area contributed by atoms with Gasteiger partial charge in [0.05, 0.1) is 11.1 Å². The minimum absolute atomic E-state index is 0.0124. The maximum Gasteiger partial charge on any atom is 0.416 e. The molecule has 1 fully saturated rings. The summed E-state index contributed by atoms with van der Waals surface area (Å²) in [4.78, 5) is 12.0. The molecule has 0 spiro atoms. The zero-order chi connectivity index (χ0) is 15.6. The van der Waals surface area contributed by atoms with Gasteiger partial charge in [-0.1, -0.05) is 6.92 Å². The van der Waals surface area contributed by atoms with E-state index in [0.29, 0.717) is 5.92 Å². The molecular formula is C15H18F3NO2. The van der Waals surface area contributed by atoms with Gasteiger partial charge in [0.15, 0.2) is 0 Å². The van der Waals surface area contributed by atoms with Crippen molar-refractivity contribution in [2.75, 3.05) is 5.73 Å². The topological polar surface area (TPSA) is 52.3 Å². The van der Waals surface area contributed by atoms with Crippen molar-refractivity contribution in [2.24, 2.45) is 5.92 Å². The Bertz CT molecular complexity index is 520. The van der Waals surface area contributed by atoms with E-state index in [9.17, 15) is 18.0 Å². The van der Waals surface area contributed by atoms with Crippen LogP contribution < -0.4 is 5.73 Å². The molecule has 2 rings (SSSR count). The third-order valence-electron chi connectivity index (χ3n) is 3.84. The number of nitrogens with two attached hydrogens (primary N) is 1. The van der Waals surface area contributed by atoms with Crippen LogP contribution in [0.25, 0.3) is 0 Å². The van der Waals surface area contributed by atoms with E-state index in [-0.39, 0.29) is 17.4 Å². The van der Waals surface area contributed by atoms with Crippen LogP contribution in [0.3, 0.4) is 0 Å². The summed E-state index contributed by atoms with van der Waals surface area (Å²) < 4.78 is 42.9. The van der Waals surface area contributed by atoms with Crippen molar-refractivity contribution in [3.05, 3.63) is 29.3 Å². The van der Waals surface area contributed by atoms with Crippen molar-refractivity contribution in [1.82, 2.24) is 0 Å². The molecule has 0 amide bonds. The summed E-state index contributed by atoms with van der Waals surface area (Å²) in [6.45, 7) is 2.14. The normalized spacial score (nSPS) is 22.9. The monoisotopic (exact) mass is 301 g/mol. The first kappa shape index (κ1) is 15.7. The van der Waals surface area contributed by atoms with Gasteiger partial charge in [0.1, 0.15) is 6.10 Å². The molecule has 0 bridgehead atoms. The maximum absolute atomic E-state index is 12.5. The molecule has 3 nitrogen and oxygen atoms in total. The molecule has 1 aliphatic carbocycles. The predicted octanol–water partition coefficient (Wildman–Crippen LogP) is 4.02. The highest BCUT2D eigenvalue weighted by Gasteiger charge is 2.31. The highest BCUT2D eigenvalue weighted by atomic mass is 19.4. The minimum atomic E-state index is -4.48. The van der Waals surface area contributed by atoms with Gasteiger partial charge in [-0.15, -0.1) is 0 Å². The van der Waals surface area contributed by atoms with Crippen molar-refractivity contribution >= 4 is 11.7 Å². The lowest BCUT2D eigenvalue weighted by atomic mass is 9.89. The first-order valence-electron chi connectivity index (χ1n) is 6.95. The molecule has 2 N–H and O–H groups in total. The third kappa shape index (κ3) is 3.89. The van der Waals surface area contributed by atoms with Crippen LogP contribution >= 0.6 is 0 Å². The number of halogens is 3. The number of carbonyl (C=O) groups excluding carboxylic acids is 1. The molecule has 6 heteroatoms. The average Bonchev–Trinajstić information content (AvgIpc) is 2.40. The van der Waals surface area contributed by atoms with Gasteiger partial charge >= 0.3 is 12.1 Å². The molecule has 0 aromatic heterocycles. The van der Waals surface area contributed by atoms with Crippen molar-refractivity contribution in [2.45, 2.75) is 44.9 Å². The van der Waals surface area contributed by atoms with Gasteiger partial charge in [-0.2, -0.15) is 13.2 Å². The van der Waals surface area contributed by atoms with Crippen molar-refractivity contribution < 1.29 is 22.7 Å². The number of alkyl halides is 3. The van der Waals surface area contributed by atoms with Crippen molar-refractivity contribution in [3.63, 3.8) is 0 Å². The Balaban J connectivity index is 2.06. The van der Waals surface area contributed by atoms with Crippen LogP contribution in [-0.2, 0) is 10.9 Å². The second-order valence-corrected chi connectivity index (χ2v) is 5.59. The molecule has 0 radical (unpaired) electrons. The number of benzene rings is 1. The lowest BCUT2D eigenvalue weighted by Gasteiger charge is -2.26. The SMILES string of the molecule is CC1CCC(OC(=O)c2ccc(C(F)(F)F)cc2N)CC1. The second-order valence-electron chi connectivity index (χ2n) is 5.59. The molecule has 21 heavy (non-hydrogen) atoms. The first-order chi connectivity index (χ1) is 9.77. The van der Waals surface area contributed by atoms with Gasteiger partial charge in [-0.3, -0.25) is 0 Å². The van der Waals surface area contributed by atoms with E-state index in [1.807, 2.05) is 0 Å². The largest absolute Gasteiger partial charge is 0.459 e. The number of anilines is 1. The Morgan fingerprint density at radius 3 is 2.38 bits per heavy atom. The Labute approximate surface area is 121 Å². The lowest BCUT2D eigenvalue weighted by Crippen LogP contribution is -2.24. The van der Waals surface area contributed by atoms with Gasteiger partial charge in [-0.25, -0.2) is 4.79 Å². The smallest absolute Gasteiger partial charge is 0.416 e. The lowest BCUT2D eigenvalue weighted by molar-refractivity contribution is -0.137. The molecule has 1 aliphatic rings. The van der Waals surface area contributed by atoms with Crippen LogP contribution in [0.4, 0.5) is 18.9 Å². The highest BCUT2D eigenvalue weighted by Crippen LogP contribution is 2.32. The average molecular weight is 301 g/mol. The summed E-state index contributed by atoms with van der Waals surface area (Å²) in [5, 5.41) is 0. The number of hydrogen-bond donors (Lipinski definition) is 1. The molecule has 1 saturated carbocycles. The Kier molecular flexibility index (Phi) is 4.44. The van der Waals surface area contributed by atoms with Crippen LogP contribution in [0.5, 0.6) is 0 Å². The number of rotatable bonds is 2. The zero-order valence-electron chi connectivity index (χ0n) is 11.7. The molecule has 0 aliphatic heterocycles. The van der Waals surface area contributed by atoms with E-state index >= 15 is 0 Å². The Morgan fingerprint density at radius 2 is 1.86 bits per heavy atom. The Hall–Kier alpha value is -1.72. The quantitative estimate of drug-likeness (QED) is 0.663. The van der Waals surface area contributed by atoms with E-state index in [4.69, 9.17) is 10.5 Å². The summed E-state index contributed by atoms with van der Waals surface area (Å²) in [5.41, 5.74) is 4.45. The van der Waals surface area contributed by atoms with Crippen LogP contribution in [-0.4, -0.2) is 12.1 Å². The van der Waals surface area contributed by atoms with Crippen LogP contribution in [0, 0.1) is 5.92 Å². The second kappa shape index (κ2) is 5.95. The summed E-state index contributed by atoms with van der Waals surface area (Å²) in [5.74, 6) is -0.0307. The zero-order valence-corrected chi connectivity index (χ0v) is 11.7. The molecule has 1 aromatic rings. The number of nitrogen functional groups attached to an aromatic ring is 1. The fourth-order valence-corrected chi connectivity index (χ4v) is 2.49. The van der Waals surface area contributed by atoms with E-state index in [0.717, 1.165) is 43.9 Å². The molecule has 0 heterocycles. The minimum Gasteiger partial charge on any atom is -0.459 e. The third-order valence-corrected chi connectivity index (χ3v) is 3.84. The van der Waals surface area contributed by atoms with E-state index in [1.54, 1.807) is 0 Å². The van der Waals surface area contributed by atoms with Crippen LogP contribution in [0.2, 0.25) is 0 Å². The van der Waals surface area contributed by atoms with Gasteiger partial charge in [0.25, 0.3) is 0 Å². The van der Waals surface area contributed by atoms with Crippen LogP contribution in [0.1, 0.15) is 48.5 Å². The van der Waals surface area contributed by atoms with Gasteiger partial charge < -0.3 is 10.5 Å². The standard InChI is InChI=1S/C15H18F3NO2/c1-9-2-5-11(6-3-9)21-14(20)12-7-4-10(8-13(12)19)15(16,17)18/h4,7-9,11H,2-3,5-6,19H2,1H3. The highest BCUT2D eigenvalue weighted by molar-refractivity contribution is 5.95. The van der Waals surface area contributed by atoms with E-state index in [1.165, 1.54) is 0 Å². The fraction of sp³-hybridized carbons (Fsp3) is 0.533. The van der Waals surface area contributed by atoms with E-state index < -0.39 is 17.7 Å². The molecule has 116 valence electrons. The number of hydrogen-bond acceptors (Lipinski definition) is 3. The molecule has 1 aromatic carbocycles. The fourth-order valence-electron chi connectivity index (χ4n) is 2.49. The number of carbonyl (C=O) groups is 1. The van der Waals surface area contributed by atoms with E-state index in [2.05, 4.69) is 6.92 Å². The summed E-state index contributed by atoms with van der Waals surface area (Å²) in [6, 6.07) is 2.68. The number of ether oxygens (including phenoxy) is 1. The predicted molar refractivity (Wildman–Crippen MR) is 72.7 cm³/mol. The summed E-state index contributed by atoms with van der Waals surface area (Å²) in [7, 11) is 0. The van der Waals surface area contributed by atoms with Gasteiger partial charge in [-0.05, 0) is 49.8 Å². The number of esters is 1. The Morgan fingerprint density at radius 1 is 1.24 bits per heavy atom. The van der Waals surface area contributed by atoms with Crippen LogP contribution in [0.15, 0.2) is 18.2 Å². The molecule has 0 atom stereocenters. The summed E-state index contributed by atoms with van der Waals surface area (Å²) >= 11 is 0. The van der Waals surface area contributed by atoms with Gasteiger partial charge in [0.2, 0.25) is 0 Å². The van der Waals surface area contributed by atoms with Gasteiger partial charge in [0, 0.05) is 5.69 Å². The summed E-state index contributed by atoms with van der Waals surface area (Å²) in [6.07, 6.45) is -1.10.